The van der Waals surface area contributed by atoms with E-state index in [9.17, 15) is 9.59 Å². The first-order valence-electron chi connectivity index (χ1n) is 11.0. The van der Waals surface area contributed by atoms with Crippen molar-refractivity contribution in [1.29, 1.82) is 0 Å². The quantitative estimate of drug-likeness (QED) is 0.372. The molecule has 3 heterocycles. The molecule has 2 N–H and O–H groups in total. The number of benzene rings is 2. The number of methoxy groups -OCH3 is 1. The Hall–Kier alpha value is -4.44. The van der Waals surface area contributed by atoms with E-state index in [2.05, 4.69) is 25.5 Å². The van der Waals surface area contributed by atoms with Crippen LogP contribution < -0.4 is 15.6 Å². The molecule has 3 aromatic heterocycles. The topological polar surface area (TPSA) is 120 Å². The van der Waals surface area contributed by atoms with E-state index >= 15 is 0 Å². The molecule has 10 nitrogen and oxygen atoms in total. The summed E-state index contributed by atoms with van der Waals surface area (Å²) >= 11 is 6.09. The highest BCUT2D eigenvalue weighted by molar-refractivity contribution is 6.31. The summed E-state index contributed by atoms with van der Waals surface area (Å²) in [4.78, 5) is 33.4. The third-order valence-corrected chi connectivity index (χ3v) is 6.08. The summed E-state index contributed by atoms with van der Waals surface area (Å²) in [6, 6.07) is 12.3. The number of aromatic amines is 1. The van der Waals surface area contributed by atoms with Crippen molar-refractivity contribution in [2.24, 2.45) is 0 Å². The molecule has 0 atom stereocenters. The smallest absolute Gasteiger partial charge is 0.263 e. The lowest BCUT2D eigenvalue weighted by Gasteiger charge is -2.11. The number of hydrogen-bond donors (Lipinski definition) is 2. The van der Waals surface area contributed by atoms with Gasteiger partial charge in [-0.1, -0.05) is 17.7 Å². The number of carbonyl (C=O) groups excluding carboxylic acids is 1. The Labute approximate surface area is 210 Å². The van der Waals surface area contributed by atoms with Crippen LogP contribution in [-0.2, 0) is 0 Å². The van der Waals surface area contributed by atoms with Gasteiger partial charge in [0.15, 0.2) is 5.65 Å². The van der Waals surface area contributed by atoms with Crippen LogP contribution in [-0.4, -0.2) is 42.5 Å². The van der Waals surface area contributed by atoms with Crippen molar-refractivity contribution < 1.29 is 9.53 Å². The number of hydrogen-bond acceptors (Lipinski definition) is 6. The van der Waals surface area contributed by atoms with E-state index in [1.165, 1.54) is 24.1 Å². The standard InChI is InChI=1S/C25H22ClN7O3/c1-13-5-7-17(9-14(13)2)32-22-19(12-27-32)24(35)30-25(29-22)33-21(10-15(3)31-33)28-23(34)18-11-16(26)6-8-20(18)36-4/h5-12H,1-4H3,(H,28,34)(H,29,30,35). The van der Waals surface area contributed by atoms with Gasteiger partial charge in [0.2, 0.25) is 5.95 Å². The zero-order valence-corrected chi connectivity index (χ0v) is 20.7. The summed E-state index contributed by atoms with van der Waals surface area (Å²) in [5.41, 5.74) is 3.84. The van der Waals surface area contributed by atoms with E-state index in [-0.39, 0.29) is 17.1 Å². The maximum absolute atomic E-state index is 13.1. The first kappa shape index (κ1) is 23.3. The molecule has 1 amide bonds. The number of halogens is 1. The molecule has 5 rings (SSSR count). The first-order valence-corrected chi connectivity index (χ1v) is 11.4. The van der Waals surface area contributed by atoms with Gasteiger partial charge in [-0.25, -0.2) is 4.68 Å². The number of ether oxygens (including phenoxy) is 1. The number of aryl methyl sites for hydroxylation is 3. The van der Waals surface area contributed by atoms with Crippen LogP contribution in [0.3, 0.4) is 0 Å². The Morgan fingerprint density at radius 2 is 1.86 bits per heavy atom. The van der Waals surface area contributed by atoms with Crippen molar-refractivity contribution in [3.8, 4) is 17.4 Å². The summed E-state index contributed by atoms with van der Waals surface area (Å²) in [5, 5.41) is 12.3. The molecule has 0 aliphatic rings. The van der Waals surface area contributed by atoms with Gasteiger partial charge < -0.3 is 10.1 Å². The molecule has 0 aliphatic carbocycles. The molecule has 0 fully saturated rings. The Balaban J connectivity index is 1.59. The van der Waals surface area contributed by atoms with Crippen molar-refractivity contribution in [2.75, 3.05) is 12.4 Å². The summed E-state index contributed by atoms with van der Waals surface area (Å²) < 4.78 is 8.26. The second-order valence-electron chi connectivity index (χ2n) is 8.33. The minimum atomic E-state index is -0.459. The molecule has 0 spiro atoms. The van der Waals surface area contributed by atoms with E-state index in [0.29, 0.717) is 33.3 Å². The van der Waals surface area contributed by atoms with E-state index in [1.54, 1.807) is 29.8 Å². The monoisotopic (exact) mass is 503 g/mol. The van der Waals surface area contributed by atoms with Crippen LogP contribution in [0, 0.1) is 20.8 Å². The average Bonchev–Trinajstić information content (AvgIpc) is 3.44. The van der Waals surface area contributed by atoms with Gasteiger partial charge in [0.05, 0.1) is 30.3 Å². The number of nitrogens with one attached hydrogen (secondary N) is 2. The fourth-order valence-corrected chi connectivity index (χ4v) is 4.02. The predicted octanol–water partition coefficient (Wildman–Crippen LogP) is 4.13. The molecular formula is C25H22ClN7O3. The minimum Gasteiger partial charge on any atom is -0.496 e. The van der Waals surface area contributed by atoms with Crippen molar-refractivity contribution >= 4 is 34.4 Å². The lowest BCUT2D eigenvalue weighted by molar-refractivity contribution is 0.102. The molecule has 0 saturated carbocycles. The van der Waals surface area contributed by atoms with Crippen molar-refractivity contribution in [3.05, 3.63) is 86.4 Å². The Bertz CT molecular complexity index is 1700. The molecule has 5 aromatic rings. The molecule has 182 valence electrons. The summed E-state index contributed by atoms with van der Waals surface area (Å²) in [7, 11) is 1.47. The zero-order chi connectivity index (χ0) is 25.6. The fraction of sp³-hybridized carbons (Fsp3) is 0.160. The molecular weight excluding hydrogens is 482 g/mol. The largest absolute Gasteiger partial charge is 0.496 e. The molecule has 0 radical (unpaired) electrons. The number of rotatable bonds is 5. The molecule has 2 aromatic carbocycles. The van der Waals surface area contributed by atoms with Crippen molar-refractivity contribution in [1.82, 2.24) is 29.5 Å². The number of anilines is 1. The second-order valence-corrected chi connectivity index (χ2v) is 8.77. The van der Waals surface area contributed by atoms with Gasteiger partial charge >= 0.3 is 0 Å². The average molecular weight is 504 g/mol. The van der Waals surface area contributed by atoms with Crippen LogP contribution in [0.15, 0.2) is 53.5 Å². The SMILES string of the molecule is COc1ccc(Cl)cc1C(=O)Nc1cc(C)nn1-c1nc2c(cnn2-c2ccc(C)c(C)c2)c(=O)[nH]1. The minimum absolute atomic E-state index is 0.125. The van der Waals surface area contributed by atoms with Crippen LogP contribution >= 0.6 is 11.6 Å². The highest BCUT2D eigenvalue weighted by atomic mass is 35.5. The van der Waals surface area contributed by atoms with Gasteiger partial charge in [0, 0.05) is 11.1 Å². The normalized spacial score (nSPS) is 11.1. The van der Waals surface area contributed by atoms with Crippen LogP contribution in [0.4, 0.5) is 5.82 Å². The number of fused-ring (bicyclic) bond motifs is 1. The van der Waals surface area contributed by atoms with Gasteiger partial charge in [-0.05, 0) is 62.2 Å². The van der Waals surface area contributed by atoms with Gasteiger partial charge in [-0.3, -0.25) is 14.6 Å². The maximum Gasteiger partial charge on any atom is 0.263 e. The number of aromatic nitrogens is 6. The number of amides is 1. The summed E-state index contributed by atoms with van der Waals surface area (Å²) in [6.07, 6.45) is 1.47. The van der Waals surface area contributed by atoms with Gasteiger partial charge in [0.25, 0.3) is 11.5 Å². The molecule has 0 saturated heterocycles. The van der Waals surface area contributed by atoms with E-state index in [0.717, 1.165) is 16.8 Å². The lowest BCUT2D eigenvalue weighted by Crippen LogP contribution is -2.19. The zero-order valence-electron chi connectivity index (χ0n) is 20.0. The number of nitrogens with zero attached hydrogens (tertiary/aromatic N) is 5. The van der Waals surface area contributed by atoms with Gasteiger partial charge in [-0.15, -0.1) is 0 Å². The van der Waals surface area contributed by atoms with Gasteiger partial charge in [-0.2, -0.15) is 19.9 Å². The molecule has 36 heavy (non-hydrogen) atoms. The Morgan fingerprint density at radius 3 is 2.61 bits per heavy atom. The first-order chi connectivity index (χ1) is 17.2. The van der Waals surface area contributed by atoms with E-state index in [1.807, 2.05) is 32.0 Å². The summed E-state index contributed by atoms with van der Waals surface area (Å²) in [5.74, 6) is 0.336. The Kier molecular flexibility index (Phi) is 5.81. The second kappa shape index (κ2) is 8.97. The fourth-order valence-electron chi connectivity index (χ4n) is 3.84. The van der Waals surface area contributed by atoms with E-state index in [4.69, 9.17) is 16.3 Å². The Morgan fingerprint density at radius 1 is 1.06 bits per heavy atom. The third-order valence-electron chi connectivity index (χ3n) is 5.84. The highest BCUT2D eigenvalue weighted by Crippen LogP contribution is 2.25. The van der Waals surface area contributed by atoms with Crippen molar-refractivity contribution in [3.63, 3.8) is 0 Å². The van der Waals surface area contributed by atoms with Crippen LogP contribution in [0.5, 0.6) is 5.75 Å². The number of carbonyl (C=O) groups is 1. The molecule has 0 unspecified atom stereocenters. The number of H-pyrrole nitrogens is 1. The predicted molar refractivity (Wildman–Crippen MR) is 137 cm³/mol. The van der Waals surface area contributed by atoms with Crippen LogP contribution in [0.25, 0.3) is 22.7 Å². The highest BCUT2D eigenvalue weighted by Gasteiger charge is 2.19. The van der Waals surface area contributed by atoms with Crippen LogP contribution in [0.2, 0.25) is 5.02 Å². The van der Waals surface area contributed by atoms with E-state index < -0.39 is 5.91 Å². The molecule has 11 heteroatoms. The third kappa shape index (κ3) is 4.11. The maximum atomic E-state index is 13.1. The summed E-state index contributed by atoms with van der Waals surface area (Å²) in [6.45, 7) is 5.80. The lowest BCUT2D eigenvalue weighted by atomic mass is 10.1. The van der Waals surface area contributed by atoms with Crippen LogP contribution in [0.1, 0.15) is 27.2 Å². The van der Waals surface area contributed by atoms with Crippen molar-refractivity contribution in [2.45, 2.75) is 20.8 Å². The van der Waals surface area contributed by atoms with Gasteiger partial charge in [0.1, 0.15) is 17.0 Å². The molecule has 0 bridgehead atoms. The molecule has 0 aliphatic heterocycles.